The van der Waals surface area contributed by atoms with Crippen LogP contribution < -0.4 is 5.32 Å². The van der Waals surface area contributed by atoms with E-state index >= 15 is 0 Å². The van der Waals surface area contributed by atoms with E-state index in [9.17, 15) is 19.5 Å². The Morgan fingerprint density at radius 3 is 2.38 bits per heavy atom. The zero-order chi connectivity index (χ0) is 17.9. The van der Waals surface area contributed by atoms with Crippen molar-refractivity contribution in [2.24, 2.45) is 0 Å². The first-order chi connectivity index (χ1) is 11.4. The number of aryl methyl sites for hydroxylation is 1. The van der Waals surface area contributed by atoms with Gasteiger partial charge in [0.05, 0.1) is 23.3 Å². The lowest BCUT2D eigenvalue weighted by molar-refractivity contribution is 0.0526. The molecular weight excluding hydrogens is 330 g/mol. The average molecular weight is 347 g/mol. The Labute approximate surface area is 143 Å². The summed E-state index contributed by atoms with van der Waals surface area (Å²) >= 11 is 1.25. The van der Waals surface area contributed by atoms with Crippen molar-refractivity contribution >= 4 is 34.2 Å². The number of carbonyl (C=O) groups is 3. The number of esters is 1. The van der Waals surface area contributed by atoms with Gasteiger partial charge in [0, 0.05) is 4.88 Å². The van der Waals surface area contributed by atoms with E-state index in [0.29, 0.717) is 10.6 Å². The summed E-state index contributed by atoms with van der Waals surface area (Å²) in [6, 6.07) is 5.91. The summed E-state index contributed by atoms with van der Waals surface area (Å²) in [5.74, 6) is -2.29. The van der Waals surface area contributed by atoms with Gasteiger partial charge >= 0.3 is 11.9 Å². The van der Waals surface area contributed by atoms with E-state index in [1.165, 1.54) is 23.5 Å². The molecule has 0 atom stereocenters. The molecule has 1 amide bonds. The number of amides is 1. The van der Waals surface area contributed by atoms with Crippen LogP contribution in [0.15, 0.2) is 24.3 Å². The highest BCUT2D eigenvalue weighted by Crippen LogP contribution is 2.33. The maximum atomic E-state index is 12.5. The Balaban J connectivity index is 2.39. The van der Waals surface area contributed by atoms with E-state index in [1.807, 2.05) is 6.92 Å². The van der Waals surface area contributed by atoms with E-state index in [2.05, 4.69) is 5.32 Å². The number of hydrogen-bond acceptors (Lipinski definition) is 5. The van der Waals surface area contributed by atoms with Crippen molar-refractivity contribution in [3.05, 3.63) is 51.4 Å². The number of ether oxygens (including phenoxy) is 1. The minimum absolute atomic E-state index is 0.0310. The molecule has 24 heavy (non-hydrogen) atoms. The zero-order valence-corrected chi connectivity index (χ0v) is 14.3. The number of rotatable bonds is 5. The fraction of sp³-hybridized carbons (Fsp3) is 0.235. The predicted octanol–water partition coefficient (Wildman–Crippen LogP) is 3.49. The topological polar surface area (TPSA) is 92.7 Å². The molecule has 2 rings (SSSR count). The smallest absolute Gasteiger partial charge is 0.341 e. The Kier molecular flexibility index (Phi) is 5.35. The molecule has 0 radical (unpaired) electrons. The van der Waals surface area contributed by atoms with Gasteiger partial charge < -0.3 is 15.2 Å². The molecule has 1 aromatic carbocycles. The molecule has 126 valence electrons. The number of benzene rings is 1. The number of carboxylic acids is 1. The van der Waals surface area contributed by atoms with E-state index < -0.39 is 17.8 Å². The molecule has 1 aromatic heterocycles. The van der Waals surface area contributed by atoms with Crippen molar-refractivity contribution in [3.63, 3.8) is 0 Å². The number of aromatic carboxylic acids is 1. The molecule has 7 heteroatoms. The van der Waals surface area contributed by atoms with E-state index in [1.54, 1.807) is 26.0 Å². The summed E-state index contributed by atoms with van der Waals surface area (Å²) in [6.45, 7) is 5.54. The minimum Gasteiger partial charge on any atom is -0.478 e. The number of carbonyl (C=O) groups excluding carboxylic acids is 2. The number of anilines is 1. The minimum atomic E-state index is -1.19. The molecule has 0 aliphatic rings. The summed E-state index contributed by atoms with van der Waals surface area (Å²) < 4.78 is 5.03. The quantitative estimate of drug-likeness (QED) is 0.808. The molecule has 0 fully saturated rings. The fourth-order valence-corrected chi connectivity index (χ4v) is 3.25. The van der Waals surface area contributed by atoms with Gasteiger partial charge in [-0.3, -0.25) is 4.79 Å². The summed E-state index contributed by atoms with van der Waals surface area (Å²) in [6.07, 6.45) is 0. The molecule has 2 aromatic rings. The van der Waals surface area contributed by atoms with Gasteiger partial charge in [-0.25, -0.2) is 9.59 Å². The van der Waals surface area contributed by atoms with E-state index in [-0.39, 0.29) is 17.7 Å². The van der Waals surface area contributed by atoms with Crippen LogP contribution in [-0.4, -0.2) is 29.6 Å². The molecule has 0 unspecified atom stereocenters. The van der Waals surface area contributed by atoms with Crippen LogP contribution in [0, 0.1) is 13.8 Å². The second-order valence-corrected chi connectivity index (χ2v) is 6.24. The lowest BCUT2D eigenvalue weighted by atomic mass is 10.1. The lowest BCUT2D eigenvalue weighted by Crippen LogP contribution is -2.17. The third-order valence-corrected chi connectivity index (χ3v) is 4.62. The first-order valence-corrected chi connectivity index (χ1v) is 8.09. The van der Waals surface area contributed by atoms with Crippen molar-refractivity contribution < 1.29 is 24.2 Å². The molecule has 0 bridgehead atoms. The van der Waals surface area contributed by atoms with Crippen LogP contribution in [0.4, 0.5) is 5.00 Å². The van der Waals surface area contributed by atoms with E-state index in [0.717, 1.165) is 10.4 Å². The first-order valence-electron chi connectivity index (χ1n) is 7.27. The number of nitrogens with one attached hydrogen (secondary N) is 1. The van der Waals surface area contributed by atoms with Crippen molar-refractivity contribution in [3.8, 4) is 0 Å². The largest absolute Gasteiger partial charge is 0.478 e. The summed E-state index contributed by atoms with van der Waals surface area (Å²) in [4.78, 5) is 36.7. The SMILES string of the molecule is CCOC(=O)c1c(NC(=O)c2ccccc2C(=O)O)sc(C)c1C. The second-order valence-electron chi connectivity index (χ2n) is 5.01. The van der Waals surface area contributed by atoms with Crippen molar-refractivity contribution in [2.75, 3.05) is 11.9 Å². The Hall–Kier alpha value is -2.67. The highest BCUT2D eigenvalue weighted by atomic mass is 32.1. The maximum Gasteiger partial charge on any atom is 0.341 e. The second kappa shape index (κ2) is 7.27. The van der Waals surface area contributed by atoms with Gasteiger partial charge in [0.25, 0.3) is 5.91 Å². The normalized spacial score (nSPS) is 10.3. The third kappa shape index (κ3) is 3.46. The molecular formula is C17H17NO5S. The van der Waals surface area contributed by atoms with Gasteiger partial charge in [0.2, 0.25) is 0 Å². The molecule has 0 spiro atoms. The van der Waals surface area contributed by atoms with Gasteiger partial charge in [0.1, 0.15) is 5.00 Å². The zero-order valence-electron chi connectivity index (χ0n) is 13.5. The summed E-state index contributed by atoms with van der Waals surface area (Å²) in [7, 11) is 0. The van der Waals surface area contributed by atoms with Gasteiger partial charge in [-0.15, -0.1) is 11.3 Å². The monoisotopic (exact) mass is 347 g/mol. The molecule has 2 N–H and O–H groups in total. The van der Waals surface area contributed by atoms with Crippen LogP contribution in [0.3, 0.4) is 0 Å². The van der Waals surface area contributed by atoms with Crippen molar-refractivity contribution in [1.29, 1.82) is 0 Å². The van der Waals surface area contributed by atoms with Crippen LogP contribution in [-0.2, 0) is 4.74 Å². The van der Waals surface area contributed by atoms with Gasteiger partial charge in [-0.2, -0.15) is 0 Å². The van der Waals surface area contributed by atoms with Crippen molar-refractivity contribution in [1.82, 2.24) is 0 Å². The highest BCUT2D eigenvalue weighted by molar-refractivity contribution is 7.16. The summed E-state index contributed by atoms with van der Waals surface area (Å²) in [5, 5.41) is 12.2. The number of carboxylic acid groups (broad SMARTS) is 1. The molecule has 1 heterocycles. The van der Waals surface area contributed by atoms with Crippen LogP contribution >= 0.6 is 11.3 Å². The van der Waals surface area contributed by atoms with Crippen LogP contribution in [0.2, 0.25) is 0 Å². The van der Waals surface area contributed by atoms with E-state index in [4.69, 9.17) is 4.74 Å². The van der Waals surface area contributed by atoms with Gasteiger partial charge in [-0.1, -0.05) is 12.1 Å². The molecule has 6 nitrogen and oxygen atoms in total. The maximum absolute atomic E-state index is 12.5. The molecule has 0 saturated carbocycles. The van der Waals surface area contributed by atoms with Crippen LogP contribution in [0.25, 0.3) is 0 Å². The lowest BCUT2D eigenvalue weighted by Gasteiger charge is -2.08. The molecule has 0 aliphatic carbocycles. The van der Waals surface area contributed by atoms with Crippen molar-refractivity contribution in [2.45, 2.75) is 20.8 Å². The average Bonchev–Trinajstić information content (AvgIpc) is 2.81. The summed E-state index contributed by atoms with van der Waals surface area (Å²) in [5.41, 5.74) is 0.974. The van der Waals surface area contributed by atoms with Gasteiger partial charge in [-0.05, 0) is 38.5 Å². The first kappa shape index (κ1) is 17.7. The van der Waals surface area contributed by atoms with Crippen LogP contribution in [0.5, 0.6) is 0 Å². The molecule has 0 saturated heterocycles. The number of thiophene rings is 1. The predicted molar refractivity (Wildman–Crippen MR) is 91.1 cm³/mol. The third-order valence-electron chi connectivity index (χ3n) is 3.49. The molecule has 0 aliphatic heterocycles. The standard InChI is InChI=1S/C17H17NO5S/c1-4-23-17(22)13-9(2)10(3)24-15(13)18-14(19)11-7-5-6-8-12(11)16(20)21/h5-8H,4H2,1-3H3,(H,18,19)(H,20,21). The fourth-order valence-electron chi connectivity index (χ4n) is 2.20. The Morgan fingerprint density at radius 1 is 1.17 bits per heavy atom. The van der Waals surface area contributed by atoms with Crippen LogP contribution in [0.1, 0.15) is 48.4 Å². The highest BCUT2D eigenvalue weighted by Gasteiger charge is 2.23. The Bertz CT molecular complexity index is 809. The Morgan fingerprint density at radius 2 is 1.79 bits per heavy atom. The number of hydrogen-bond donors (Lipinski definition) is 2. The van der Waals surface area contributed by atoms with Gasteiger partial charge in [0.15, 0.2) is 0 Å².